The van der Waals surface area contributed by atoms with Gasteiger partial charge in [-0.15, -0.1) is 0 Å². The number of furan rings is 1. The summed E-state index contributed by atoms with van der Waals surface area (Å²) in [5, 5.41) is 6.33. The molecule has 0 bridgehead atoms. The fourth-order valence-corrected chi connectivity index (χ4v) is 2.10. The van der Waals surface area contributed by atoms with Crippen LogP contribution < -0.4 is 16.4 Å². The predicted octanol–water partition coefficient (Wildman–Crippen LogP) is 1.65. The standard InChI is InChI=1S/C18H24N4O3/c1-2-20-18(22-12-15-8-9-16(25-15)17(19)23)21-10-11-24-13-14-6-4-3-5-7-14/h3-9H,2,10-13H2,1H3,(H2,19,23)(H2,20,21,22). The Hall–Kier alpha value is -2.80. The minimum Gasteiger partial charge on any atom is -0.454 e. The third kappa shape index (κ3) is 6.68. The smallest absolute Gasteiger partial charge is 0.284 e. The van der Waals surface area contributed by atoms with Gasteiger partial charge in [-0.05, 0) is 24.6 Å². The fourth-order valence-electron chi connectivity index (χ4n) is 2.10. The van der Waals surface area contributed by atoms with Crippen LogP contribution >= 0.6 is 0 Å². The second-order valence-electron chi connectivity index (χ2n) is 5.29. The average Bonchev–Trinajstić information content (AvgIpc) is 3.09. The molecule has 1 heterocycles. The van der Waals surface area contributed by atoms with Crippen LogP contribution in [0.4, 0.5) is 0 Å². The normalized spacial score (nSPS) is 11.3. The van der Waals surface area contributed by atoms with Gasteiger partial charge in [-0.2, -0.15) is 0 Å². The Kier molecular flexibility index (Phi) is 7.52. The summed E-state index contributed by atoms with van der Waals surface area (Å²) in [6.07, 6.45) is 0. The molecule has 7 heteroatoms. The molecule has 0 fully saturated rings. The second-order valence-corrected chi connectivity index (χ2v) is 5.29. The van der Waals surface area contributed by atoms with Gasteiger partial charge in [0.15, 0.2) is 11.7 Å². The number of guanidine groups is 1. The lowest BCUT2D eigenvalue weighted by atomic mass is 10.2. The molecule has 0 aliphatic rings. The highest BCUT2D eigenvalue weighted by atomic mass is 16.5. The number of carbonyl (C=O) groups is 1. The van der Waals surface area contributed by atoms with Crippen molar-refractivity contribution in [3.63, 3.8) is 0 Å². The molecule has 0 unspecified atom stereocenters. The molecule has 0 saturated carbocycles. The molecule has 2 aromatic rings. The van der Waals surface area contributed by atoms with Gasteiger partial charge < -0.3 is 25.5 Å². The molecule has 4 N–H and O–H groups in total. The summed E-state index contributed by atoms with van der Waals surface area (Å²) in [5.74, 6) is 0.780. The zero-order chi connectivity index (χ0) is 17.9. The molecule has 1 amide bonds. The van der Waals surface area contributed by atoms with E-state index in [2.05, 4.69) is 15.6 Å². The molecule has 0 atom stereocenters. The van der Waals surface area contributed by atoms with Gasteiger partial charge in [0.1, 0.15) is 12.3 Å². The Morgan fingerprint density at radius 3 is 2.68 bits per heavy atom. The number of ether oxygens (including phenoxy) is 1. The Morgan fingerprint density at radius 2 is 2.00 bits per heavy atom. The van der Waals surface area contributed by atoms with E-state index in [1.54, 1.807) is 12.1 Å². The van der Waals surface area contributed by atoms with Crippen molar-refractivity contribution in [1.29, 1.82) is 0 Å². The minimum atomic E-state index is -0.587. The molecule has 134 valence electrons. The van der Waals surface area contributed by atoms with Crippen LogP contribution in [0.15, 0.2) is 51.9 Å². The Morgan fingerprint density at radius 1 is 1.20 bits per heavy atom. The number of rotatable bonds is 9. The zero-order valence-electron chi connectivity index (χ0n) is 14.3. The molecular weight excluding hydrogens is 320 g/mol. The molecule has 1 aromatic heterocycles. The summed E-state index contributed by atoms with van der Waals surface area (Å²) in [6, 6.07) is 13.3. The first-order chi connectivity index (χ1) is 12.2. The molecular formula is C18H24N4O3. The minimum absolute atomic E-state index is 0.137. The highest BCUT2D eigenvalue weighted by Gasteiger charge is 2.06. The number of nitrogens with two attached hydrogens (primary N) is 1. The predicted molar refractivity (Wildman–Crippen MR) is 96.1 cm³/mol. The van der Waals surface area contributed by atoms with Crippen LogP contribution in [0.2, 0.25) is 0 Å². The maximum absolute atomic E-state index is 11.0. The third-order valence-electron chi connectivity index (χ3n) is 3.29. The lowest BCUT2D eigenvalue weighted by Gasteiger charge is -2.11. The van der Waals surface area contributed by atoms with E-state index < -0.39 is 5.91 Å². The van der Waals surface area contributed by atoms with Crippen molar-refractivity contribution in [1.82, 2.24) is 10.6 Å². The monoisotopic (exact) mass is 344 g/mol. The van der Waals surface area contributed by atoms with Crippen molar-refractivity contribution in [3.05, 3.63) is 59.5 Å². The summed E-state index contributed by atoms with van der Waals surface area (Å²) >= 11 is 0. The Bertz CT molecular complexity index is 683. The fraction of sp³-hybridized carbons (Fsp3) is 0.333. The van der Waals surface area contributed by atoms with E-state index in [4.69, 9.17) is 14.9 Å². The summed E-state index contributed by atoms with van der Waals surface area (Å²) in [4.78, 5) is 15.4. The summed E-state index contributed by atoms with van der Waals surface area (Å²) in [7, 11) is 0. The van der Waals surface area contributed by atoms with Crippen molar-refractivity contribution in [2.75, 3.05) is 19.7 Å². The van der Waals surface area contributed by atoms with Crippen LogP contribution in [0.3, 0.4) is 0 Å². The Balaban J connectivity index is 1.74. The highest BCUT2D eigenvalue weighted by molar-refractivity contribution is 5.89. The zero-order valence-corrected chi connectivity index (χ0v) is 14.3. The first kappa shape index (κ1) is 18.5. The molecule has 1 aromatic carbocycles. The largest absolute Gasteiger partial charge is 0.454 e. The second kappa shape index (κ2) is 10.1. The summed E-state index contributed by atoms with van der Waals surface area (Å²) in [6.45, 7) is 4.81. The van der Waals surface area contributed by atoms with Crippen LogP contribution in [-0.2, 0) is 17.9 Å². The van der Waals surface area contributed by atoms with E-state index >= 15 is 0 Å². The number of benzene rings is 1. The van der Waals surface area contributed by atoms with E-state index in [0.717, 1.165) is 12.1 Å². The van der Waals surface area contributed by atoms with Crippen molar-refractivity contribution >= 4 is 11.9 Å². The van der Waals surface area contributed by atoms with E-state index in [1.807, 2.05) is 37.3 Å². The number of carbonyl (C=O) groups excluding carboxylic acids is 1. The van der Waals surface area contributed by atoms with Crippen LogP contribution in [-0.4, -0.2) is 31.6 Å². The van der Waals surface area contributed by atoms with Gasteiger partial charge in [0, 0.05) is 13.1 Å². The van der Waals surface area contributed by atoms with Crippen molar-refractivity contribution in [2.45, 2.75) is 20.1 Å². The number of amides is 1. The van der Waals surface area contributed by atoms with Crippen LogP contribution in [0.5, 0.6) is 0 Å². The number of nitrogens with one attached hydrogen (secondary N) is 2. The first-order valence-corrected chi connectivity index (χ1v) is 8.21. The quantitative estimate of drug-likeness (QED) is 0.365. The molecule has 0 saturated heterocycles. The van der Waals surface area contributed by atoms with Gasteiger partial charge in [-0.3, -0.25) is 4.79 Å². The van der Waals surface area contributed by atoms with Crippen LogP contribution in [0.25, 0.3) is 0 Å². The summed E-state index contributed by atoms with van der Waals surface area (Å²) in [5.41, 5.74) is 6.30. The van der Waals surface area contributed by atoms with Crippen molar-refractivity contribution < 1.29 is 13.9 Å². The molecule has 0 aliphatic carbocycles. The van der Waals surface area contributed by atoms with E-state index in [1.165, 1.54) is 0 Å². The molecule has 0 radical (unpaired) electrons. The number of primary amides is 1. The number of aliphatic imine (C=N–C) groups is 1. The average molecular weight is 344 g/mol. The van der Waals surface area contributed by atoms with Gasteiger partial charge in [0.2, 0.25) is 0 Å². The van der Waals surface area contributed by atoms with Crippen LogP contribution in [0, 0.1) is 0 Å². The van der Waals surface area contributed by atoms with E-state index in [-0.39, 0.29) is 5.76 Å². The first-order valence-electron chi connectivity index (χ1n) is 8.21. The molecule has 7 nitrogen and oxygen atoms in total. The molecule has 0 aliphatic heterocycles. The van der Waals surface area contributed by atoms with Crippen LogP contribution in [0.1, 0.15) is 28.8 Å². The van der Waals surface area contributed by atoms with Crippen molar-refractivity contribution in [2.24, 2.45) is 10.7 Å². The number of hydrogen-bond acceptors (Lipinski definition) is 4. The van der Waals surface area contributed by atoms with Gasteiger partial charge in [-0.1, -0.05) is 30.3 Å². The lowest BCUT2D eigenvalue weighted by molar-refractivity contribution is 0.0972. The molecule has 0 spiro atoms. The maximum atomic E-state index is 11.0. The lowest BCUT2D eigenvalue weighted by Crippen LogP contribution is -2.38. The van der Waals surface area contributed by atoms with Gasteiger partial charge >= 0.3 is 0 Å². The SMILES string of the molecule is CCNC(=NCc1ccc(C(N)=O)o1)NCCOCc1ccccc1. The van der Waals surface area contributed by atoms with Crippen molar-refractivity contribution in [3.8, 4) is 0 Å². The maximum Gasteiger partial charge on any atom is 0.284 e. The summed E-state index contributed by atoms with van der Waals surface area (Å²) < 4.78 is 10.9. The highest BCUT2D eigenvalue weighted by Crippen LogP contribution is 2.08. The van der Waals surface area contributed by atoms with E-state index in [0.29, 0.717) is 38.0 Å². The third-order valence-corrected chi connectivity index (χ3v) is 3.29. The number of nitrogens with zero attached hydrogens (tertiary/aromatic N) is 1. The molecule has 2 rings (SSSR count). The Labute approximate surface area is 147 Å². The van der Waals surface area contributed by atoms with Gasteiger partial charge in [-0.25, -0.2) is 4.99 Å². The van der Waals surface area contributed by atoms with Gasteiger partial charge in [0.25, 0.3) is 5.91 Å². The number of hydrogen-bond donors (Lipinski definition) is 3. The topological polar surface area (TPSA) is 102 Å². The van der Waals surface area contributed by atoms with E-state index in [9.17, 15) is 4.79 Å². The van der Waals surface area contributed by atoms with Gasteiger partial charge in [0.05, 0.1) is 13.2 Å². The molecule has 25 heavy (non-hydrogen) atoms.